The first-order valence-electron chi connectivity index (χ1n) is 20.1. The number of hydrogen-bond donors (Lipinski definition) is 0. The molecule has 0 aliphatic heterocycles. The molecular weight excluding hydrogens is 741 g/mol. The quantitative estimate of drug-likeness (QED) is 0.153. The highest BCUT2D eigenvalue weighted by Gasteiger charge is 2.22. The zero-order valence-electron chi connectivity index (χ0n) is 33.7. The summed E-state index contributed by atoms with van der Waals surface area (Å²) in [6.07, 6.45) is 0. The second-order valence-corrected chi connectivity index (χ2v) is 15.4. The molecule has 0 saturated heterocycles. The van der Waals surface area contributed by atoms with E-state index in [0.29, 0.717) is 0 Å². The van der Waals surface area contributed by atoms with Crippen LogP contribution in [0.3, 0.4) is 0 Å². The maximum atomic E-state index is 6.61. The summed E-state index contributed by atoms with van der Waals surface area (Å²) in [5, 5.41) is 8.68. The van der Waals surface area contributed by atoms with Crippen molar-refractivity contribution in [2.45, 2.75) is 13.8 Å². The highest BCUT2D eigenvalue weighted by Crippen LogP contribution is 2.46. The van der Waals surface area contributed by atoms with Gasteiger partial charge in [0.15, 0.2) is 0 Å². The number of fused-ring (bicyclic) bond motifs is 8. The molecule has 0 unspecified atom stereocenters. The van der Waals surface area contributed by atoms with E-state index in [1.807, 2.05) is 42.5 Å². The van der Waals surface area contributed by atoms with E-state index in [0.717, 1.165) is 111 Å². The predicted octanol–water partition coefficient (Wildman–Crippen LogP) is 15.4. The third-order valence-corrected chi connectivity index (χ3v) is 11.8. The molecule has 0 saturated carbocycles. The van der Waals surface area contributed by atoms with E-state index in [9.17, 15) is 0 Å². The van der Waals surface area contributed by atoms with Crippen molar-refractivity contribution in [3.8, 4) is 11.5 Å². The average molecular weight is 781 g/mol. The van der Waals surface area contributed by atoms with Gasteiger partial charge in [0, 0.05) is 50.4 Å². The third kappa shape index (κ3) is 5.71. The Balaban J connectivity index is 1.02. The molecule has 6 nitrogen and oxygen atoms in total. The highest BCUT2D eigenvalue weighted by molar-refractivity contribution is 6.18. The van der Waals surface area contributed by atoms with Gasteiger partial charge in [0.25, 0.3) is 0 Å². The van der Waals surface area contributed by atoms with E-state index in [1.165, 1.54) is 11.1 Å². The van der Waals surface area contributed by atoms with E-state index in [1.54, 1.807) is 14.2 Å². The molecule has 0 aliphatic rings. The number of anilines is 6. The molecule has 290 valence electrons. The molecular formula is C54H40N2O4. The zero-order chi connectivity index (χ0) is 40.5. The minimum atomic E-state index is 0.792. The molecule has 9 aromatic carbocycles. The lowest BCUT2D eigenvalue weighted by molar-refractivity contribution is 0.416. The van der Waals surface area contributed by atoms with Crippen LogP contribution in [0.15, 0.2) is 179 Å². The van der Waals surface area contributed by atoms with Crippen molar-refractivity contribution in [2.24, 2.45) is 0 Å². The molecule has 0 radical (unpaired) electrons. The Kier molecular flexibility index (Phi) is 8.27. The van der Waals surface area contributed by atoms with E-state index >= 15 is 0 Å². The minimum absolute atomic E-state index is 0.792. The monoisotopic (exact) mass is 780 g/mol. The Bertz CT molecular complexity index is 3240. The molecule has 0 amide bonds. The van der Waals surface area contributed by atoms with Gasteiger partial charge in [0.1, 0.15) is 33.8 Å². The van der Waals surface area contributed by atoms with Gasteiger partial charge < -0.3 is 28.1 Å². The molecule has 11 aromatic rings. The summed E-state index contributed by atoms with van der Waals surface area (Å²) < 4.78 is 24.9. The number of methoxy groups -OCH3 is 2. The molecule has 6 heteroatoms. The van der Waals surface area contributed by atoms with Gasteiger partial charge in [0.05, 0.1) is 25.6 Å². The van der Waals surface area contributed by atoms with Crippen LogP contribution in [0.4, 0.5) is 34.1 Å². The third-order valence-electron chi connectivity index (χ3n) is 11.8. The average Bonchev–Trinajstić information content (AvgIpc) is 3.81. The van der Waals surface area contributed by atoms with Crippen LogP contribution in [0.25, 0.3) is 65.4 Å². The highest BCUT2D eigenvalue weighted by atomic mass is 16.5. The van der Waals surface area contributed by atoms with Crippen molar-refractivity contribution < 1.29 is 18.3 Å². The fourth-order valence-electron chi connectivity index (χ4n) is 8.86. The van der Waals surface area contributed by atoms with Crippen molar-refractivity contribution in [1.82, 2.24) is 0 Å². The molecule has 60 heavy (non-hydrogen) atoms. The lowest BCUT2D eigenvalue weighted by Crippen LogP contribution is -2.12. The number of furan rings is 2. The molecule has 0 fully saturated rings. The van der Waals surface area contributed by atoms with Crippen LogP contribution >= 0.6 is 0 Å². The number of benzene rings is 9. The first-order valence-corrected chi connectivity index (χ1v) is 20.1. The lowest BCUT2D eigenvalue weighted by atomic mass is 10.0. The first-order chi connectivity index (χ1) is 29.4. The summed E-state index contributed by atoms with van der Waals surface area (Å²) >= 11 is 0. The van der Waals surface area contributed by atoms with Gasteiger partial charge in [0.2, 0.25) is 0 Å². The largest absolute Gasteiger partial charge is 0.495 e. The molecule has 0 aliphatic carbocycles. The summed E-state index contributed by atoms with van der Waals surface area (Å²) in [4.78, 5) is 4.53. The molecule has 0 atom stereocenters. The second kappa shape index (κ2) is 14.0. The van der Waals surface area contributed by atoms with Gasteiger partial charge >= 0.3 is 0 Å². The normalized spacial score (nSPS) is 11.7. The van der Waals surface area contributed by atoms with E-state index in [-0.39, 0.29) is 0 Å². The summed E-state index contributed by atoms with van der Waals surface area (Å²) in [5.41, 5.74) is 11.8. The number of para-hydroxylation sites is 6. The Morgan fingerprint density at radius 2 is 0.733 bits per heavy atom. The first kappa shape index (κ1) is 35.5. The Hall–Kier alpha value is -7.70. The van der Waals surface area contributed by atoms with Gasteiger partial charge in [-0.15, -0.1) is 0 Å². The van der Waals surface area contributed by atoms with Gasteiger partial charge in [-0.05, 0) is 138 Å². The fourth-order valence-corrected chi connectivity index (χ4v) is 8.86. The molecule has 2 aromatic heterocycles. The summed E-state index contributed by atoms with van der Waals surface area (Å²) in [7, 11) is 3.44. The number of nitrogens with zero attached hydrogens (tertiary/aromatic N) is 2. The van der Waals surface area contributed by atoms with Crippen molar-refractivity contribution in [3.63, 3.8) is 0 Å². The number of ether oxygens (including phenoxy) is 2. The fraction of sp³-hybridized carbons (Fsp3) is 0.0741. The number of rotatable bonds is 8. The maximum absolute atomic E-state index is 6.61. The van der Waals surface area contributed by atoms with E-state index in [2.05, 4.69) is 151 Å². The van der Waals surface area contributed by atoms with E-state index < -0.39 is 0 Å². The second-order valence-electron chi connectivity index (χ2n) is 15.4. The molecule has 0 N–H and O–H groups in total. The van der Waals surface area contributed by atoms with Gasteiger partial charge in [-0.2, -0.15) is 0 Å². The standard InChI is InChI=1S/C54H40N2O4/c1-33-13-5-7-15-45(33)55(47-17-9-11-19-49(47)57-3)39-23-21-35-27-41-43-31-44-42-28-36-22-24-40(56(46-16-8-6-14-34(46)2)48-18-10-12-20-50(48)58-4)26-38(36)30-52(42)60-54(44)32-53(43)59-51(41)29-37(35)25-39/h5-32H,1-4H3. The van der Waals surface area contributed by atoms with Crippen molar-refractivity contribution >= 4 is 99.5 Å². The number of hydrogen-bond acceptors (Lipinski definition) is 6. The van der Waals surface area contributed by atoms with Crippen molar-refractivity contribution in [1.29, 1.82) is 0 Å². The van der Waals surface area contributed by atoms with Crippen LogP contribution < -0.4 is 19.3 Å². The van der Waals surface area contributed by atoms with Gasteiger partial charge in [-0.1, -0.05) is 72.8 Å². The van der Waals surface area contributed by atoms with Crippen LogP contribution in [0, 0.1) is 13.8 Å². The summed E-state index contributed by atoms with van der Waals surface area (Å²) in [5.74, 6) is 1.61. The molecule has 2 heterocycles. The summed E-state index contributed by atoms with van der Waals surface area (Å²) in [6.45, 7) is 4.28. The molecule has 0 spiro atoms. The van der Waals surface area contributed by atoms with Gasteiger partial charge in [-0.3, -0.25) is 0 Å². The van der Waals surface area contributed by atoms with Crippen molar-refractivity contribution in [3.05, 3.63) is 181 Å². The molecule has 11 rings (SSSR count). The summed E-state index contributed by atoms with van der Waals surface area (Å²) in [6, 6.07) is 59.5. The lowest BCUT2D eigenvalue weighted by Gasteiger charge is -2.28. The predicted molar refractivity (Wildman–Crippen MR) is 248 cm³/mol. The topological polar surface area (TPSA) is 51.2 Å². The van der Waals surface area contributed by atoms with Crippen LogP contribution in [0.2, 0.25) is 0 Å². The van der Waals surface area contributed by atoms with Crippen LogP contribution in [-0.4, -0.2) is 14.2 Å². The Labute approximate surface area is 347 Å². The van der Waals surface area contributed by atoms with Gasteiger partial charge in [-0.25, -0.2) is 0 Å². The van der Waals surface area contributed by atoms with E-state index in [4.69, 9.17) is 18.3 Å². The molecule has 0 bridgehead atoms. The Morgan fingerprint density at radius 3 is 1.17 bits per heavy atom. The smallest absolute Gasteiger partial charge is 0.142 e. The maximum Gasteiger partial charge on any atom is 0.142 e. The van der Waals surface area contributed by atoms with Crippen LogP contribution in [-0.2, 0) is 0 Å². The SMILES string of the molecule is COc1ccccc1N(c1ccc2cc3c(cc2c1)oc1cc2oc4cc5cc(N(c6ccccc6C)c6ccccc6OC)ccc5cc4c2cc13)c1ccccc1C. The minimum Gasteiger partial charge on any atom is -0.495 e. The van der Waals surface area contributed by atoms with Crippen LogP contribution in [0.5, 0.6) is 11.5 Å². The zero-order valence-corrected chi connectivity index (χ0v) is 33.7. The van der Waals surface area contributed by atoms with Crippen LogP contribution in [0.1, 0.15) is 11.1 Å². The van der Waals surface area contributed by atoms with Crippen molar-refractivity contribution in [2.75, 3.05) is 24.0 Å². The Morgan fingerprint density at radius 1 is 0.350 bits per heavy atom. The number of aryl methyl sites for hydroxylation is 2.